The van der Waals surface area contributed by atoms with E-state index >= 15 is 0 Å². The topological polar surface area (TPSA) is 7.65 Å². The fourth-order valence-corrected chi connectivity index (χ4v) is 10.8. The monoisotopic (exact) mass is 724 g/mol. The zero-order valence-electron chi connectivity index (χ0n) is 29.2. The molecule has 11 rings (SSSR count). The molecule has 0 aliphatic heterocycles. The minimum atomic E-state index is 1.13. The van der Waals surface area contributed by atoms with Crippen molar-refractivity contribution in [2.24, 2.45) is 0 Å². The van der Waals surface area contributed by atoms with Gasteiger partial charge in [0.2, 0.25) is 0 Å². The molecule has 0 fully saturated rings. The minimum Gasteiger partial charge on any atom is -0.311 e. The largest absolute Gasteiger partial charge is 0.311 e. The third-order valence-corrected chi connectivity index (χ3v) is 13.0. The number of anilines is 3. The van der Waals surface area contributed by atoms with Crippen molar-refractivity contribution < 1.29 is 0 Å². The Balaban J connectivity index is 1.08. The van der Waals surface area contributed by atoms with Gasteiger partial charge in [0.25, 0.3) is 0 Å². The van der Waals surface area contributed by atoms with E-state index in [1.54, 1.807) is 0 Å². The van der Waals surface area contributed by atoms with Gasteiger partial charge in [0, 0.05) is 53.7 Å². The summed E-state index contributed by atoms with van der Waals surface area (Å²) >= 11 is 3.79. The van der Waals surface area contributed by atoms with Crippen LogP contribution >= 0.6 is 22.7 Å². The average molecular weight is 725 g/mol. The number of hydrogen-bond donors (Lipinski definition) is 0. The number of benzene rings is 8. The van der Waals surface area contributed by atoms with Crippen LogP contribution in [0.2, 0.25) is 0 Å². The van der Waals surface area contributed by atoms with E-state index in [1.807, 2.05) is 22.7 Å². The van der Waals surface area contributed by atoms with Crippen LogP contribution in [0.5, 0.6) is 0 Å². The number of thiophene rings is 1. The van der Waals surface area contributed by atoms with E-state index in [0.29, 0.717) is 0 Å². The van der Waals surface area contributed by atoms with Crippen molar-refractivity contribution in [3.8, 4) is 33.4 Å². The summed E-state index contributed by atoms with van der Waals surface area (Å²) in [6.07, 6.45) is 0. The number of para-hydroxylation sites is 2. The zero-order valence-corrected chi connectivity index (χ0v) is 30.8. The zero-order chi connectivity index (χ0) is 35.6. The normalized spacial score (nSPS) is 11.7. The summed E-state index contributed by atoms with van der Waals surface area (Å²) in [7, 11) is 0. The highest BCUT2D eigenvalue weighted by molar-refractivity contribution is 7.26. The number of hydrogen-bond acceptors (Lipinski definition) is 3. The van der Waals surface area contributed by atoms with Crippen molar-refractivity contribution in [1.82, 2.24) is 4.40 Å². The first-order valence-corrected chi connectivity index (χ1v) is 19.9. The van der Waals surface area contributed by atoms with Crippen LogP contribution in [0, 0.1) is 0 Å². The molecular formula is C50H32N2S2. The van der Waals surface area contributed by atoms with Crippen molar-refractivity contribution in [1.29, 1.82) is 0 Å². The van der Waals surface area contributed by atoms with Crippen LogP contribution in [0.15, 0.2) is 194 Å². The lowest BCUT2D eigenvalue weighted by atomic mass is 9.98. The number of aromatic nitrogens is 1. The lowest BCUT2D eigenvalue weighted by molar-refractivity contribution is 1.28. The Morgan fingerprint density at radius 3 is 1.70 bits per heavy atom. The molecule has 0 aliphatic carbocycles. The Hall–Kier alpha value is -6.46. The van der Waals surface area contributed by atoms with Gasteiger partial charge < -0.3 is 4.90 Å². The lowest BCUT2D eigenvalue weighted by Gasteiger charge is -2.25. The van der Waals surface area contributed by atoms with Crippen molar-refractivity contribution >= 4 is 85.9 Å². The Bertz CT molecular complexity index is 3100. The molecule has 11 aromatic rings. The third-order valence-electron chi connectivity index (χ3n) is 10.6. The molecule has 0 amide bonds. The van der Waals surface area contributed by atoms with Crippen molar-refractivity contribution in [3.05, 3.63) is 194 Å². The maximum atomic E-state index is 2.49. The second-order valence-electron chi connectivity index (χ2n) is 13.7. The van der Waals surface area contributed by atoms with Gasteiger partial charge in [-0.05, 0) is 82.9 Å². The van der Waals surface area contributed by atoms with Gasteiger partial charge in [-0.25, -0.2) is 0 Å². The lowest BCUT2D eigenvalue weighted by Crippen LogP contribution is -2.09. The molecule has 0 aliphatic rings. The van der Waals surface area contributed by atoms with E-state index in [1.165, 1.54) is 79.5 Å². The molecule has 0 N–H and O–H groups in total. The first-order valence-electron chi connectivity index (χ1n) is 18.3. The molecule has 0 saturated heterocycles. The number of rotatable bonds is 6. The van der Waals surface area contributed by atoms with Crippen molar-refractivity contribution in [2.45, 2.75) is 0 Å². The van der Waals surface area contributed by atoms with Gasteiger partial charge in [-0.1, -0.05) is 133 Å². The van der Waals surface area contributed by atoms with Crippen LogP contribution in [0.4, 0.5) is 17.1 Å². The summed E-state index contributed by atoms with van der Waals surface area (Å²) in [5.41, 5.74) is 13.4. The minimum absolute atomic E-state index is 1.13. The van der Waals surface area contributed by atoms with E-state index in [0.717, 1.165) is 17.1 Å². The van der Waals surface area contributed by atoms with Crippen molar-refractivity contribution in [2.75, 3.05) is 4.90 Å². The molecule has 8 aromatic carbocycles. The molecule has 0 bridgehead atoms. The second kappa shape index (κ2) is 12.6. The van der Waals surface area contributed by atoms with Crippen LogP contribution in [0.3, 0.4) is 0 Å². The highest BCUT2D eigenvalue weighted by atomic mass is 32.1. The van der Waals surface area contributed by atoms with Crippen LogP contribution in [0.1, 0.15) is 0 Å². The predicted octanol–water partition coefficient (Wildman–Crippen LogP) is 15.1. The molecular weight excluding hydrogens is 693 g/mol. The van der Waals surface area contributed by atoms with Crippen LogP contribution in [-0.4, -0.2) is 4.40 Å². The predicted molar refractivity (Wildman–Crippen MR) is 234 cm³/mol. The Morgan fingerprint density at radius 2 is 0.963 bits per heavy atom. The number of nitrogens with zero attached hydrogens (tertiary/aromatic N) is 2. The molecule has 3 heterocycles. The Morgan fingerprint density at radius 1 is 0.370 bits per heavy atom. The molecule has 2 nitrogen and oxygen atoms in total. The summed E-state index contributed by atoms with van der Waals surface area (Å²) in [5.74, 6) is 0. The SMILES string of the molecule is c1ccc(-c2c3cc(-c4cccc5c4sc4ccccc45)ccc3n3c2sc2c(-c4ccc(N(c5ccccc5)c5ccccc5)cc4)cccc23)cc1. The average Bonchev–Trinajstić information content (AvgIpc) is 3.91. The maximum Gasteiger partial charge on any atom is 0.109 e. The second-order valence-corrected chi connectivity index (χ2v) is 15.8. The maximum absolute atomic E-state index is 2.49. The van der Waals surface area contributed by atoms with Crippen LogP contribution < -0.4 is 4.90 Å². The molecule has 4 heteroatoms. The number of thiazole rings is 1. The summed E-state index contributed by atoms with van der Waals surface area (Å²) in [6.45, 7) is 0. The molecule has 3 aromatic heterocycles. The summed E-state index contributed by atoms with van der Waals surface area (Å²) in [5, 5.41) is 3.94. The van der Waals surface area contributed by atoms with Gasteiger partial charge in [0.15, 0.2) is 0 Å². The van der Waals surface area contributed by atoms with E-state index in [2.05, 4.69) is 203 Å². The Labute approximate surface area is 321 Å². The molecule has 0 spiro atoms. The molecule has 54 heavy (non-hydrogen) atoms. The van der Waals surface area contributed by atoms with Crippen LogP contribution in [-0.2, 0) is 0 Å². The van der Waals surface area contributed by atoms with E-state index in [9.17, 15) is 0 Å². The van der Waals surface area contributed by atoms with Gasteiger partial charge in [-0.2, -0.15) is 0 Å². The van der Waals surface area contributed by atoms with E-state index < -0.39 is 0 Å². The highest BCUT2D eigenvalue weighted by Crippen LogP contribution is 2.47. The standard InChI is InChI=1S/C50H32N2S2/c1-4-14-34(15-5-1)47-43-32-35(40-21-12-23-42-41-20-10-11-25-46(41)53-48(40)42)28-31-44(43)52-45-24-13-22-39(49(45)54-50(47)52)33-26-29-38(30-27-33)51(36-16-6-2-7-17-36)37-18-8-3-9-19-37/h1-32H. The molecule has 0 atom stereocenters. The van der Waals surface area contributed by atoms with Gasteiger partial charge in [0.1, 0.15) is 4.83 Å². The Kier molecular flexibility index (Phi) is 7.25. The van der Waals surface area contributed by atoms with E-state index in [4.69, 9.17) is 0 Å². The summed E-state index contributed by atoms with van der Waals surface area (Å²) in [6, 6.07) is 70.5. The fraction of sp³-hybridized carbons (Fsp3) is 0. The van der Waals surface area contributed by atoms with Crippen LogP contribution in [0.25, 0.3) is 79.5 Å². The summed E-state index contributed by atoms with van der Waals surface area (Å²) < 4.78 is 6.46. The molecule has 0 saturated carbocycles. The van der Waals surface area contributed by atoms with Gasteiger partial charge in [-0.3, -0.25) is 4.40 Å². The van der Waals surface area contributed by atoms with Gasteiger partial charge in [-0.15, -0.1) is 22.7 Å². The van der Waals surface area contributed by atoms with E-state index in [-0.39, 0.29) is 0 Å². The fourth-order valence-electron chi connectivity index (χ4n) is 8.15. The highest BCUT2D eigenvalue weighted by Gasteiger charge is 2.21. The quantitative estimate of drug-likeness (QED) is 0.166. The third kappa shape index (κ3) is 4.92. The molecule has 254 valence electrons. The van der Waals surface area contributed by atoms with Crippen molar-refractivity contribution in [3.63, 3.8) is 0 Å². The first-order chi connectivity index (χ1) is 26.8. The molecule has 0 unspecified atom stereocenters. The summed E-state index contributed by atoms with van der Waals surface area (Å²) in [4.78, 5) is 3.58. The number of fused-ring (bicyclic) bond motifs is 8. The van der Waals surface area contributed by atoms with Gasteiger partial charge in [0.05, 0.1) is 15.7 Å². The van der Waals surface area contributed by atoms with Gasteiger partial charge >= 0.3 is 0 Å². The smallest absolute Gasteiger partial charge is 0.109 e. The first kappa shape index (κ1) is 31.1. The molecule has 0 radical (unpaired) electrons.